The van der Waals surface area contributed by atoms with Gasteiger partial charge in [-0.3, -0.25) is 9.48 Å². The maximum Gasteiger partial charge on any atom is 0.226 e. The van der Waals surface area contributed by atoms with Crippen LogP contribution in [0.3, 0.4) is 0 Å². The zero-order chi connectivity index (χ0) is 16.3. The zero-order valence-corrected chi connectivity index (χ0v) is 14.1. The van der Waals surface area contributed by atoms with E-state index in [9.17, 15) is 4.79 Å². The van der Waals surface area contributed by atoms with Gasteiger partial charge in [-0.15, -0.1) is 0 Å². The van der Waals surface area contributed by atoms with Crippen LogP contribution in [0.25, 0.3) is 0 Å². The van der Waals surface area contributed by atoms with Crippen molar-refractivity contribution >= 4 is 28.9 Å². The lowest BCUT2D eigenvalue weighted by molar-refractivity contribution is -0.116. The predicted molar refractivity (Wildman–Crippen MR) is 90.7 cm³/mol. The quantitative estimate of drug-likeness (QED) is 0.920. The van der Waals surface area contributed by atoms with Gasteiger partial charge < -0.3 is 10.2 Å². The number of rotatable bonds is 5. The minimum Gasteiger partial charge on any atom is -0.376 e. The van der Waals surface area contributed by atoms with Crippen LogP contribution < -0.4 is 10.2 Å². The van der Waals surface area contributed by atoms with E-state index in [2.05, 4.69) is 10.4 Å². The van der Waals surface area contributed by atoms with Gasteiger partial charge in [0.1, 0.15) is 0 Å². The van der Waals surface area contributed by atoms with Crippen molar-refractivity contribution < 1.29 is 4.79 Å². The van der Waals surface area contributed by atoms with Crippen molar-refractivity contribution in [2.45, 2.75) is 26.8 Å². The Balaban J connectivity index is 1.95. The third-order valence-electron chi connectivity index (χ3n) is 3.37. The van der Waals surface area contributed by atoms with Gasteiger partial charge in [0.25, 0.3) is 0 Å². The molecule has 0 saturated heterocycles. The summed E-state index contributed by atoms with van der Waals surface area (Å²) in [7, 11) is 3.85. The third kappa shape index (κ3) is 4.01. The van der Waals surface area contributed by atoms with E-state index in [1.165, 1.54) is 0 Å². The van der Waals surface area contributed by atoms with Crippen LogP contribution in [0.1, 0.15) is 17.8 Å². The molecule has 0 saturated carbocycles. The molecule has 0 fully saturated rings. The molecular formula is C16H21ClN4O. The van der Waals surface area contributed by atoms with E-state index in [1.807, 2.05) is 55.7 Å². The van der Waals surface area contributed by atoms with Gasteiger partial charge in [-0.05, 0) is 38.1 Å². The van der Waals surface area contributed by atoms with Crippen molar-refractivity contribution in [2.24, 2.45) is 0 Å². The fourth-order valence-corrected chi connectivity index (χ4v) is 2.63. The highest BCUT2D eigenvalue weighted by molar-refractivity contribution is 6.33. The number of benzene rings is 1. The summed E-state index contributed by atoms with van der Waals surface area (Å²) >= 11 is 6.20. The lowest BCUT2D eigenvalue weighted by atomic mass is 10.2. The number of hydrogen-bond donors (Lipinski definition) is 1. The Kier molecular flexibility index (Phi) is 5.08. The summed E-state index contributed by atoms with van der Waals surface area (Å²) in [5.41, 5.74) is 3.64. The number of aromatic nitrogens is 2. The van der Waals surface area contributed by atoms with Crippen LogP contribution in [0.2, 0.25) is 5.02 Å². The second kappa shape index (κ2) is 6.83. The molecule has 0 unspecified atom stereocenters. The second-order valence-electron chi connectivity index (χ2n) is 5.51. The molecule has 5 nitrogen and oxygen atoms in total. The van der Waals surface area contributed by atoms with Gasteiger partial charge in [0, 0.05) is 38.4 Å². The van der Waals surface area contributed by atoms with Crippen molar-refractivity contribution in [1.82, 2.24) is 9.78 Å². The van der Waals surface area contributed by atoms with Crippen LogP contribution in [-0.2, 0) is 11.3 Å². The van der Waals surface area contributed by atoms with Crippen LogP contribution in [0.5, 0.6) is 0 Å². The first-order valence-electron chi connectivity index (χ1n) is 7.14. The summed E-state index contributed by atoms with van der Waals surface area (Å²) in [6, 6.07) is 7.50. The maximum absolute atomic E-state index is 12.0. The van der Waals surface area contributed by atoms with E-state index in [0.717, 1.165) is 17.1 Å². The number of halogens is 1. The normalized spacial score (nSPS) is 10.6. The van der Waals surface area contributed by atoms with Gasteiger partial charge in [-0.25, -0.2) is 0 Å². The molecule has 0 aliphatic carbocycles. The molecule has 0 bridgehead atoms. The lowest BCUT2D eigenvalue weighted by Crippen LogP contribution is -2.16. The van der Waals surface area contributed by atoms with E-state index in [1.54, 1.807) is 6.07 Å². The largest absolute Gasteiger partial charge is 0.376 e. The molecule has 2 rings (SSSR count). The molecule has 118 valence electrons. The molecule has 1 aromatic carbocycles. The van der Waals surface area contributed by atoms with Crippen LogP contribution in [0.15, 0.2) is 24.3 Å². The summed E-state index contributed by atoms with van der Waals surface area (Å²) in [5, 5.41) is 7.82. The van der Waals surface area contributed by atoms with Gasteiger partial charge >= 0.3 is 0 Å². The van der Waals surface area contributed by atoms with Crippen LogP contribution in [0.4, 0.5) is 11.4 Å². The number of amides is 1. The molecule has 1 N–H and O–H groups in total. The number of hydrogen-bond acceptors (Lipinski definition) is 3. The number of carbonyl (C=O) groups is 1. The third-order valence-corrected chi connectivity index (χ3v) is 3.67. The number of aryl methyl sites for hydroxylation is 3. The van der Waals surface area contributed by atoms with Gasteiger partial charge in [0.05, 0.1) is 16.4 Å². The van der Waals surface area contributed by atoms with Crippen molar-refractivity contribution in [3.63, 3.8) is 0 Å². The molecule has 1 heterocycles. The summed E-state index contributed by atoms with van der Waals surface area (Å²) in [5.74, 6) is -0.0544. The van der Waals surface area contributed by atoms with E-state index in [-0.39, 0.29) is 5.91 Å². The highest BCUT2D eigenvalue weighted by Crippen LogP contribution is 2.27. The van der Waals surface area contributed by atoms with E-state index in [0.29, 0.717) is 23.7 Å². The monoisotopic (exact) mass is 320 g/mol. The minimum atomic E-state index is -0.0544. The summed E-state index contributed by atoms with van der Waals surface area (Å²) in [6.07, 6.45) is 0.370. The van der Waals surface area contributed by atoms with Gasteiger partial charge in [-0.2, -0.15) is 5.10 Å². The second-order valence-corrected chi connectivity index (χ2v) is 5.92. The Morgan fingerprint density at radius 1 is 1.32 bits per heavy atom. The Labute approximate surface area is 135 Å². The Morgan fingerprint density at radius 2 is 2.05 bits per heavy atom. The average Bonchev–Trinajstić information content (AvgIpc) is 2.74. The van der Waals surface area contributed by atoms with Crippen molar-refractivity contribution in [3.8, 4) is 0 Å². The zero-order valence-electron chi connectivity index (χ0n) is 13.4. The lowest BCUT2D eigenvalue weighted by Gasteiger charge is -2.15. The summed E-state index contributed by atoms with van der Waals surface area (Å²) in [6.45, 7) is 4.49. The van der Waals surface area contributed by atoms with Crippen LogP contribution in [0, 0.1) is 13.8 Å². The fraction of sp³-hybridized carbons (Fsp3) is 0.375. The standard InChI is InChI=1S/C16H21ClN4O/c1-11-9-12(2)21(19-11)8-7-16(22)18-13-5-6-15(20(3)4)14(17)10-13/h5-6,9-10H,7-8H2,1-4H3,(H,18,22). The molecule has 6 heteroatoms. The fourth-order valence-electron chi connectivity index (χ4n) is 2.28. The minimum absolute atomic E-state index is 0.0544. The molecular weight excluding hydrogens is 300 g/mol. The molecule has 22 heavy (non-hydrogen) atoms. The first-order valence-corrected chi connectivity index (χ1v) is 7.52. The van der Waals surface area contributed by atoms with Gasteiger partial charge in [0.15, 0.2) is 0 Å². The number of nitrogens with one attached hydrogen (secondary N) is 1. The smallest absolute Gasteiger partial charge is 0.226 e. The molecule has 0 radical (unpaired) electrons. The first kappa shape index (κ1) is 16.4. The summed E-state index contributed by atoms with van der Waals surface area (Å²) < 4.78 is 1.84. The molecule has 2 aromatic rings. The van der Waals surface area contributed by atoms with E-state index < -0.39 is 0 Å². The van der Waals surface area contributed by atoms with Crippen molar-refractivity contribution in [2.75, 3.05) is 24.3 Å². The molecule has 1 aromatic heterocycles. The van der Waals surface area contributed by atoms with Crippen molar-refractivity contribution in [3.05, 3.63) is 40.7 Å². The first-order chi connectivity index (χ1) is 10.4. The number of nitrogens with zero attached hydrogens (tertiary/aromatic N) is 3. The molecule has 0 spiro atoms. The van der Waals surface area contributed by atoms with Gasteiger partial charge in [-0.1, -0.05) is 11.6 Å². The average molecular weight is 321 g/mol. The molecule has 0 aliphatic rings. The molecule has 0 aliphatic heterocycles. The van der Waals surface area contributed by atoms with E-state index in [4.69, 9.17) is 11.6 Å². The highest BCUT2D eigenvalue weighted by atomic mass is 35.5. The SMILES string of the molecule is Cc1cc(C)n(CCC(=O)Nc2ccc(N(C)C)c(Cl)c2)n1. The van der Waals surface area contributed by atoms with Gasteiger partial charge in [0.2, 0.25) is 5.91 Å². The number of anilines is 2. The highest BCUT2D eigenvalue weighted by Gasteiger charge is 2.08. The Morgan fingerprint density at radius 3 is 2.59 bits per heavy atom. The Bertz CT molecular complexity index is 679. The topological polar surface area (TPSA) is 50.2 Å². The Hall–Kier alpha value is -2.01. The molecule has 0 atom stereocenters. The maximum atomic E-state index is 12.0. The van der Waals surface area contributed by atoms with Crippen LogP contribution >= 0.6 is 11.6 Å². The van der Waals surface area contributed by atoms with Crippen molar-refractivity contribution in [1.29, 1.82) is 0 Å². The number of carbonyl (C=O) groups excluding carboxylic acids is 1. The predicted octanol–water partition coefficient (Wildman–Crippen LogP) is 3.25. The van der Waals surface area contributed by atoms with E-state index >= 15 is 0 Å². The van der Waals surface area contributed by atoms with Crippen LogP contribution in [-0.4, -0.2) is 29.8 Å². The molecule has 1 amide bonds. The summed E-state index contributed by atoms with van der Waals surface area (Å²) in [4.78, 5) is 14.0.